The molecule has 23 heavy (non-hydrogen) atoms. The van der Waals surface area contributed by atoms with Crippen LogP contribution in [0.3, 0.4) is 0 Å². The molecule has 118 valence electrons. The van der Waals surface area contributed by atoms with Crippen LogP contribution in [0.25, 0.3) is 0 Å². The van der Waals surface area contributed by atoms with Gasteiger partial charge in [-0.05, 0) is 30.0 Å². The summed E-state index contributed by atoms with van der Waals surface area (Å²) in [4.78, 5) is 26.2. The van der Waals surface area contributed by atoms with Crippen LogP contribution in [-0.2, 0) is 16.0 Å². The van der Waals surface area contributed by atoms with Crippen molar-refractivity contribution >= 4 is 11.9 Å². The van der Waals surface area contributed by atoms with Crippen molar-refractivity contribution in [1.82, 2.24) is 4.90 Å². The van der Waals surface area contributed by atoms with Crippen molar-refractivity contribution in [3.05, 3.63) is 71.3 Å². The van der Waals surface area contributed by atoms with E-state index in [1.54, 1.807) is 6.07 Å². The van der Waals surface area contributed by atoms with Gasteiger partial charge in [0.15, 0.2) is 6.04 Å². The molecule has 1 aliphatic heterocycles. The molecular weight excluding hydrogens is 290 g/mol. The number of hydrogen-bond donors (Lipinski definition) is 1. The monoisotopic (exact) mass is 309 g/mol. The normalized spacial score (nSPS) is 18.1. The van der Waals surface area contributed by atoms with Crippen LogP contribution in [-0.4, -0.2) is 28.4 Å². The molecule has 2 aromatic rings. The van der Waals surface area contributed by atoms with E-state index in [1.165, 1.54) is 4.90 Å². The molecule has 0 aliphatic carbocycles. The van der Waals surface area contributed by atoms with Crippen LogP contribution in [0.5, 0.6) is 0 Å². The highest BCUT2D eigenvalue weighted by Gasteiger charge is 2.37. The molecule has 0 spiro atoms. The Hall–Kier alpha value is -2.62. The molecule has 1 aliphatic rings. The van der Waals surface area contributed by atoms with Crippen molar-refractivity contribution in [2.24, 2.45) is 0 Å². The Bertz CT molecular complexity index is 726. The summed E-state index contributed by atoms with van der Waals surface area (Å²) in [6.07, 6.45) is 0.688. The Morgan fingerprint density at radius 3 is 2.43 bits per heavy atom. The Kier molecular flexibility index (Phi) is 4.15. The van der Waals surface area contributed by atoms with Gasteiger partial charge >= 0.3 is 5.97 Å². The third-order valence-corrected chi connectivity index (χ3v) is 4.47. The quantitative estimate of drug-likeness (QED) is 0.948. The molecule has 1 unspecified atom stereocenters. The molecule has 0 aromatic heterocycles. The molecule has 0 radical (unpaired) electrons. The third-order valence-electron chi connectivity index (χ3n) is 4.47. The highest BCUT2D eigenvalue weighted by molar-refractivity contribution is 5.89. The van der Waals surface area contributed by atoms with Gasteiger partial charge in [-0.1, -0.05) is 54.6 Å². The fourth-order valence-electron chi connectivity index (χ4n) is 3.20. The summed E-state index contributed by atoms with van der Waals surface area (Å²) in [5, 5.41) is 9.66. The molecule has 2 atom stereocenters. The fourth-order valence-corrected chi connectivity index (χ4v) is 3.20. The van der Waals surface area contributed by atoms with Crippen molar-refractivity contribution < 1.29 is 14.7 Å². The summed E-state index contributed by atoms with van der Waals surface area (Å²) in [6.45, 7) is 2.26. The number of carboxylic acid groups (broad SMARTS) is 1. The van der Waals surface area contributed by atoms with Gasteiger partial charge in [0.1, 0.15) is 0 Å². The third kappa shape index (κ3) is 2.84. The zero-order valence-electron chi connectivity index (χ0n) is 13.0. The standard InChI is InChI=1S/C19H19NO3/c1-13(14-7-3-2-4-8-14)18(21)20-12-11-15-9-5-6-10-16(15)17(20)19(22)23/h2-10,13,17H,11-12H2,1H3,(H,22,23)/t13-,17?/m1/s1. The van der Waals surface area contributed by atoms with Crippen molar-refractivity contribution in [2.75, 3.05) is 6.54 Å². The summed E-state index contributed by atoms with van der Waals surface area (Å²) in [5.74, 6) is -1.48. The number of rotatable bonds is 3. The topological polar surface area (TPSA) is 57.6 Å². The van der Waals surface area contributed by atoms with Gasteiger partial charge in [-0.25, -0.2) is 4.79 Å². The van der Waals surface area contributed by atoms with Gasteiger partial charge in [-0.2, -0.15) is 0 Å². The summed E-state index contributed by atoms with van der Waals surface area (Å²) in [6, 6.07) is 16.0. The van der Waals surface area contributed by atoms with Crippen molar-refractivity contribution in [3.63, 3.8) is 0 Å². The lowest BCUT2D eigenvalue weighted by molar-refractivity contribution is -0.151. The van der Waals surface area contributed by atoms with Crippen LogP contribution in [0, 0.1) is 0 Å². The van der Waals surface area contributed by atoms with Crippen LogP contribution >= 0.6 is 0 Å². The number of fused-ring (bicyclic) bond motifs is 1. The fraction of sp³-hybridized carbons (Fsp3) is 0.263. The van der Waals surface area contributed by atoms with Crippen LogP contribution in [0.15, 0.2) is 54.6 Å². The van der Waals surface area contributed by atoms with Crippen LogP contribution in [0.1, 0.15) is 35.6 Å². The molecule has 0 saturated carbocycles. The maximum absolute atomic E-state index is 12.9. The summed E-state index contributed by atoms with van der Waals surface area (Å²) in [5.41, 5.74) is 2.64. The van der Waals surface area contributed by atoms with Crippen molar-refractivity contribution in [2.45, 2.75) is 25.3 Å². The minimum absolute atomic E-state index is 0.141. The molecule has 1 heterocycles. The van der Waals surface area contributed by atoms with E-state index in [4.69, 9.17) is 0 Å². The second-order valence-corrected chi connectivity index (χ2v) is 5.85. The summed E-state index contributed by atoms with van der Waals surface area (Å²) >= 11 is 0. The minimum atomic E-state index is -0.981. The van der Waals surface area contributed by atoms with Gasteiger partial charge in [0.25, 0.3) is 0 Å². The SMILES string of the molecule is C[C@@H](C(=O)N1CCc2ccccc2C1C(=O)O)c1ccccc1. The average Bonchev–Trinajstić information content (AvgIpc) is 2.60. The lowest BCUT2D eigenvalue weighted by Gasteiger charge is -2.36. The van der Waals surface area contributed by atoms with Gasteiger partial charge < -0.3 is 10.0 Å². The van der Waals surface area contributed by atoms with Crippen LogP contribution < -0.4 is 0 Å². The smallest absolute Gasteiger partial charge is 0.331 e. The molecule has 4 nitrogen and oxygen atoms in total. The Balaban J connectivity index is 1.93. The number of nitrogens with zero attached hydrogens (tertiary/aromatic N) is 1. The average molecular weight is 309 g/mol. The number of benzene rings is 2. The largest absolute Gasteiger partial charge is 0.479 e. The molecule has 0 saturated heterocycles. The maximum Gasteiger partial charge on any atom is 0.331 e. The number of amides is 1. The van der Waals surface area contributed by atoms with E-state index in [-0.39, 0.29) is 11.8 Å². The molecule has 1 amide bonds. The van der Waals surface area contributed by atoms with E-state index in [2.05, 4.69) is 0 Å². The van der Waals surface area contributed by atoms with E-state index in [0.29, 0.717) is 13.0 Å². The first-order valence-electron chi connectivity index (χ1n) is 7.75. The van der Waals surface area contributed by atoms with Gasteiger partial charge in [-0.15, -0.1) is 0 Å². The van der Waals surface area contributed by atoms with Gasteiger partial charge in [0.2, 0.25) is 5.91 Å². The van der Waals surface area contributed by atoms with E-state index in [0.717, 1.165) is 16.7 Å². The van der Waals surface area contributed by atoms with Crippen molar-refractivity contribution in [1.29, 1.82) is 0 Å². The highest BCUT2D eigenvalue weighted by atomic mass is 16.4. The molecule has 1 N–H and O–H groups in total. The predicted molar refractivity (Wildman–Crippen MR) is 87.1 cm³/mol. The van der Waals surface area contributed by atoms with Gasteiger partial charge in [0, 0.05) is 6.54 Å². The molecule has 4 heteroatoms. The van der Waals surface area contributed by atoms with E-state index >= 15 is 0 Å². The minimum Gasteiger partial charge on any atom is -0.479 e. The lowest BCUT2D eigenvalue weighted by Crippen LogP contribution is -2.45. The first-order valence-corrected chi connectivity index (χ1v) is 7.75. The van der Waals surface area contributed by atoms with E-state index in [1.807, 2.05) is 55.5 Å². The summed E-state index contributed by atoms with van der Waals surface area (Å²) in [7, 11) is 0. The highest BCUT2D eigenvalue weighted by Crippen LogP contribution is 2.32. The molecular formula is C19H19NO3. The zero-order valence-corrected chi connectivity index (χ0v) is 13.0. The zero-order chi connectivity index (χ0) is 16.4. The number of carbonyl (C=O) groups is 2. The first kappa shape index (κ1) is 15.3. The van der Waals surface area contributed by atoms with E-state index in [9.17, 15) is 14.7 Å². The number of carbonyl (C=O) groups excluding carboxylic acids is 1. The van der Waals surface area contributed by atoms with Crippen LogP contribution in [0.2, 0.25) is 0 Å². The second kappa shape index (κ2) is 6.24. The number of hydrogen-bond acceptors (Lipinski definition) is 2. The Morgan fingerprint density at radius 2 is 1.74 bits per heavy atom. The van der Waals surface area contributed by atoms with Gasteiger partial charge in [0.05, 0.1) is 5.92 Å². The summed E-state index contributed by atoms with van der Waals surface area (Å²) < 4.78 is 0. The Morgan fingerprint density at radius 1 is 1.09 bits per heavy atom. The van der Waals surface area contributed by atoms with Crippen LogP contribution in [0.4, 0.5) is 0 Å². The van der Waals surface area contributed by atoms with Crippen molar-refractivity contribution in [3.8, 4) is 0 Å². The maximum atomic E-state index is 12.9. The Labute approximate surface area is 135 Å². The molecule has 2 aromatic carbocycles. The predicted octanol–water partition coefficient (Wildman–Crippen LogP) is 3.00. The second-order valence-electron chi connectivity index (χ2n) is 5.85. The molecule has 3 rings (SSSR count). The molecule has 0 fully saturated rings. The van der Waals surface area contributed by atoms with E-state index < -0.39 is 12.0 Å². The van der Waals surface area contributed by atoms with Gasteiger partial charge in [-0.3, -0.25) is 4.79 Å². The lowest BCUT2D eigenvalue weighted by atomic mass is 9.90. The molecule has 0 bridgehead atoms. The number of aliphatic carboxylic acids is 1. The first-order chi connectivity index (χ1) is 11.1. The number of carboxylic acids is 1.